The topological polar surface area (TPSA) is 48.6 Å². The standard InChI is InChI=1S/C27H33N3O2/c31-27(24-20-28-25-9-5-4-8-23(24)25)26(22-6-2-1-3-7-22)30-14-11-21(12-15-30)10-13-29-16-18-32-19-17-29/h1-9,20-21,26,28H,10-19H2. The Balaban J connectivity index is 1.30. The Bertz CT molecular complexity index is 1020. The molecule has 2 fully saturated rings. The van der Waals surface area contributed by atoms with Crippen LogP contribution in [0.1, 0.15) is 41.2 Å². The third-order valence-corrected chi connectivity index (χ3v) is 7.19. The van der Waals surface area contributed by atoms with E-state index in [1.165, 1.54) is 13.0 Å². The van der Waals surface area contributed by atoms with Crippen molar-refractivity contribution in [3.8, 4) is 0 Å². The average molecular weight is 432 g/mol. The number of rotatable bonds is 7. The van der Waals surface area contributed by atoms with Gasteiger partial charge in [-0.2, -0.15) is 0 Å². The number of aromatic amines is 1. The number of fused-ring (bicyclic) bond motifs is 1. The number of nitrogens with zero attached hydrogens (tertiary/aromatic N) is 2. The highest BCUT2D eigenvalue weighted by molar-refractivity contribution is 6.10. The molecule has 1 unspecified atom stereocenters. The molecule has 1 aromatic heterocycles. The quantitative estimate of drug-likeness (QED) is 0.559. The second kappa shape index (κ2) is 9.99. The zero-order chi connectivity index (χ0) is 21.8. The van der Waals surface area contributed by atoms with E-state index in [9.17, 15) is 4.79 Å². The molecule has 0 amide bonds. The first-order valence-corrected chi connectivity index (χ1v) is 12.0. The van der Waals surface area contributed by atoms with Crippen molar-refractivity contribution in [2.45, 2.75) is 25.3 Å². The molecule has 1 N–H and O–H groups in total. The third-order valence-electron chi connectivity index (χ3n) is 7.19. The number of H-pyrrole nitrogens is 1. The van der Waals surface area contributed by atoms with Crippen molar-refractivity contribution in [3.63, 3.8) is 0 Å². The average Bonchev–Trinajstić information content (AvgIpc) is 3.29. The van der Waals surface area contributed by atoms with Crippen LogP contribution in [0.4, 0.5) is 0 Å². The summed E-state index contributed by atoms with van der Waals surface area (Å²) in [5.41, 5.74) is 2.91. The molecule has 5 rings (SSSR count). The largest absolute Gasteiger partial charge is 0.379 e. The molecule has 2 aromatic carbocycles. The minimum absolute atomic E-state index is 0.195. The maximum Gasteiger partial charge on any atom is 0.186 e. The van der Waals surface area contributed by atoms with Crippen molar-refractivity contribution in [2.24, 2.45) is 5.92 Å². The van der Waals surface area contributed by atoms with Crippen molar-refractivity contribution in [1.82, 2.24) is 14.8 Å². The van der Waals surface area contributed by atoms with Gasteiger partial charge in [0.2, 0.25) is 0 Å². The minimum atomic E-state index is -0.226. The Labute approximate surface area is 190 Å². The van der Waals surface area contributed by atoms with Crippen molar-refractivity contribution >= 4 is 16.7 Å². The van der Waals surface area contributed by atoms with Gasteiger partial charge in [0.05, 0.1) is 19.3 Å². The number of para-hydroxylation sites is 1. The van der Waals surface area contributed by atoms with E-state index in [1.54, 1.807) is 0 Å². The molecule has 5 nitrogen and oxygen atoms in total. The third kappa shape index (κ3) is 4.65. The van der Waals surface area contributed by atoms with Gasteiger partial charge in [0, 0.05) is 35.8 Å². The normalized spacial score (nSPS) is 19.9. The summed E-state index contributed by atoms with van der Waals surface area (Å²) in [5, 5.41) is 1.01. The van der Waals surface area contributed by atoms with Gasteiger partial charge in [-0.1, -0.05) is 48.5 Å². The highest BCUT2D eigenvalue weighted by atomic mass is 16.5. The molecule has 0 bridgehead atoms. The first-order chi connectivity index (χ1) is 15.8. The number of hydrogen-bond acceptors (Lipinski definition) is 4. The summed E-state index contributed by atoms with van der Waals surface area (Å²) in [7, 11) is 0. The first kappa shape index (κ1) is 21.4. The number of carbonyl (C=O) groups is 1. The Hall–Kier alpha value is -2.47. The van der Waals surface area contributed by atoms with E-state index >= 15 is 0 Å². The smallest absolute Gasteiger partial charge is 0.186 e. The summed E-state index contributed by atoms with van der Waals surface area (Å²) >= 11 is 0. The van der Waals surface area contributed by atoms with Crippen LogP contribution in [-0.4, -0.2) is 66.5 Å². The van der Waals surface area contributed by atoms with Crippen LogP contribution in [0.25, 0.3) is 10.9 Å². The van der Waals surface area contributed by atoms with Crippen molar-refractivity contribution in [1.29, 1.82) is 0 Å². The molecule has 32 heavy (non-hydrogen) atoms. The molecule has 2 aliphatic rings. The van der Waals surface area contributed by atoms with E-state index < -0.39 is 0 Å². The first-order valence-electron chi connectivity index (χ1n) is 12.0. The Morgan fingerprint density at radius 2 is 1.69 bits per heavy atom. The van der Waals surface area contributed by atoms with Crippen LogP contribution < -0.4 is 0 Å². The SMILES string of the molecule is O=C(c1c[nH]c2ccccc12)C(c1ccccc1)N1CCC(CCN2CCOCC2)CC1. The van der Waals surface area contributed by atoms with Crippen molar-refractivity contribution < 1.29 is 9.53 Å². The lowest BCUT2D eigenvalue weighted by Crippen LogP contribution is -2.41. The van der Waals surface area contributed by atoms with E-state index in [-0.39, 0.29) is 11.8 Å². The lowest BCUT2D eigenvalue weighted by molar-refractivity contribution is 0.0326. The molecule has 5 heteroatoms. The van der Waals surface area contributed by atoms with Crippen LogP contribution in [0, 0.1) is 5.92 Å². The molecule has 0 spiro atoms. The lowest BCUT2D eigenvalue weighted by Gasteiger charge is -2.38. The Morgan fingerprint density at radius 3 is 2.47 bits per heavy atom. The predicted molar refractivity (Wildman–Crippen MR) is 128 cm³/mol. The summed E-state index contributed by atoms with van der Waals surface area (Å²) < 4.78 is 5.47. The number of nitrogens with one attached hydrogen (secondary N) is 1. The van der Waals surface area contributed by atoms with E-state index in [1.807, 2.05) is 48.7 Å². The van der Waals surface area contributed by atoms with Gasteiger partial charge >= 0.3 is 0 Å². The Morgan fingerprint density at radius 1 is 0.969 bits per heavy atom. The molecular formula is C27H33N3O2. The molecule has 2 aliphatic heterocycles. The van der Waals surface area contributed by atoms with E-state index in [4.69, 9.17) is 4.74 Å². The number of hydrogen-bond donors (Lipinski definition) is 1. The zero-order valence-electron chi connectivity index (χ0n) is 18.7. The van der Waals surface area contributed by atoms with E-state index in [0.29, 0.717) is 0 Å². The van der Waals surface area contributed by atoms with Gasteiger partial charge < -0.3 is 9.72 Å². The van der Waals surface area contributed by atoms with E-state index in [2.05, 4.69) is 26.9 Å². The molecule has 2 saturated heterocycles. The fourth-order valence-corrected chi connectivity index (χ4v) is 5.28. The number of carbonyl (C=O) groups excluding carboxylic acids is 1. The van der Waals surface area contributed by atoms with Gasteiger partial charge in [0.15, 0.2) is 5.78 Å². The maximum atomic E-state index is 13.9. The second-order valence-corrected chi connectivity index (χ2v) is 9.15. The zero-order valence-corrected chi connectivity index (χ0v) is 18.7. The van der Waals surface area contributed by atoms with Crippen LogP contribution in [-0.2, 0) is 4.74 Å². The van der Waals surface area contributed by atoms with Gasteiger partial charge in [-0.3, -0.25) is 14.6 Å². The van der Waals surface area contributed by atoms with Gasteiger partial charge in [0.25, 0.3) is 0 Å². The molecule has 1 atom stereocenters. The number of ketones is 1. The van der Waals surface area contributed by atoms with Crippen LogP contribution in [0.5, 0.6) is 0 Å². The van der Waals surface area contributed by atoms with Crippen LogP contribution >= 0.6 is 0 Å². The monoisotopic (exact) mass is 431 g/mol. The molecule has 0 saturated carbocycles. The molecular weight excluding hydrogens is 398 g/mol. The summed E-state index contributed by atoms with van der Waals surface area (Å²) in [6, 6.07) is 18.2. The van der Waals surface area contributed by atoms with Gasteiger partial charge in [-0.25, -0.2) is 0 Å². The highest BCUT2D eigenvalue weighted by Gasteiger charge is 2.32. The summed E-state index contributed by atoms with van der Waals surface area (Å²) in [4.78, 5) is 22.1. The van der Waals surface area contributed by atoms with E-state index in [0.717, 1.165) is 80.2 Å². The summed E-state index contributed by atoms with van der Waals surface area (Å²) in [5.74, 6) is 0.939. The number of piperidine rings is 1. The van der Waals surface area contributed by atoms with Gasteiger partial charge in [-0.05, 0) is 56.4 Å². The van der Waals surface area contributed by atoms with Crippen LogP contribution in [0.15, 0.2) is 60.8 Å². The number of morpholine rings is 1. The second-order valence-electron chi connectivity index (χ2n) is 9.15. The number of ether oxygens (including phenoxy) is 1. The summed E-state index contributed by atoms with van der Waals surface area (Å²) in [6.07, 6.45) is 5.46. The summed E-state index contributed by atoms with van der Waals surface area (Å²) in [6.45, 7) is 6.98. The van der Waals surface area contributed by atoms with Crippen LogP contribution in [0.3, 0.4) is 0 Å². The van der Waals surface area contributed by atoms with Gasteiger partial charge in [-0.15, -0.1) is 0 Å². The molecule has 168 valence electrons. The molecule has 0 radical (unpaired) electrons. The predicted octanol–water partition coefficient (Wildman–Crippen LogP) is 4.53. The fraction of sp³-hybridized carbons (Fsp3) is 0.444. The number of aromatic nitrogens is 1. The minimum Gasteiger partial charge on any atom is -0.379 e. The van der Waals surface area contributed by atoms with Crippen molar-refractivity contribution in [2.75, 3.05) is 45.9 Å². The molecule has 3 heterocycles. The molecule has 3 aromatic rings. The maximum absolute atomic E-state index is 13.9. The molecule has 0 aliphatic carbocycles. The Kier molecular flexibility index (Phi) is 6.67. The number of likely N-dealkylation sites (tertiary alicyclic amines) is 1. The fourth-order valence-electron chi connectivity index (χ4n) is 5.28. The van der Waals surface area contributed by atoms with Crippen LogP contribution in [0.2, 0.25) is 0 Å². The highest BCUT2D eigenvalue weighted by Crippen LogP contribution is 2.32. The number of benzene rings is 2. The number of Topliss-reactive ketones (excluding diaryl/α,β-unsaturated/α-hetero) is 1. The van der Waals surface area contributed by atoms with Crippen molar-refractivity contribution in [3.05, 3.63) is 71.9 Å². The lowest BCUT2D eigenvalue weighted by atomic mass is 9.89. The van der Waals surface area contributed by atoms with Gasteiger partial charge in [0.1, 0.15) is 0 Å².